The lowest BCUT2D eigenvalue weighted by atomic mass is 10.2. The fourth-order valence-electron chi connectivity index (χ4n) is 2.73. The second kappa shape index (κ2) is 7.97. The summed E-state index contributed by atoms with van der Waals surface area (Å²) in [6, 6.07) is 18.6. The Labute approximate surface area is 132 Å². The van der Waals surface area contributed by atoms with E-state index in [0.29, 0.717) is 12.7 Å². The first-order chi connectivity index (χ1) is 10.9. The minimum atomic E-state index is 0.452. The van der Waals surface area contributed by atoms with Crippen LogP contribution < -0.4 is 10.1 Å². The van der Waals surface area contributed by atoms with Crippen LogP contribution in [-0.4, -0.2) is 19.3 Å². The van der Waals surface area contributed by atoms with Crippen molar-refractivity contribution in [1.29, 1.82) is 0 Å². The van der Waals surface area contributed by atoms with E-state index in [4.69, 9.17) is 9.47 Å². The van der Waals surface area contributed by atoms with Gasteiger partial charge in [-0.2, -0.15) is 0 Å². The lowest BCUT2D eigenvalue weighted by Gasteiger charge is -2.09. The summed E-state index contributed by atoms with van der Waals surface area (Å²) in [5.41, 5.74) is 2.52. The molecule has 0 unspecified atom stereocenters. The third kappa shape index (κ3) is 4.58. The molecule has 1 saturated heterocycles. The predicted molar refractivity (Wildman–Crippen MR) is 86.7 cm³/mol. The van der Waals surface area contributed by atoms with E-state index in [1.54, 1.807) is 0 Å². The monoisotopic (exact) mass is 298 g/mol. The van der Waals surface area contributed by atoms with Crippen LogP contribution in [0.25, 0.3) is 0 Å². The van der Waals surface area contributed by atoms with Crippen molar-refractivity contribution in [3.05, 3.63) is 65.7 Å². The van der Waals surface area contributed by atoms with Crippen molar-refractivity contribution in [2.24, 2.45) is 0 Å². The van der Waals surface area contributed by atoms with E-state index < -0.39 is 0 Å². The van der Waals surface area contributed by atoms with Crippen LogP contribution in [0.2, 0.25) is 0 Å². The fourth-order valence-corrected chi connectivity index (χ4v) is 2.73. The molecule has 3 rings (SSSR count). The molecule has 0 amide bonds. The van der Waals surface area contributed by atoms with Gasteiger partial charge in [-0.1, -0.05) is 30.3 Å². The van der Waals surface area contributed by atoms with Gasteiger partial charge in [-0.25, -0.2) is 0 Å². The second-order valence-corrected chi connectivity index (χ2v) is 5.78. The first kappa shape index (κ1) is 15.1. The topological polar surface area (TPSA) is 35.1 Å². The molecule has 3 heteroatoms. The Bertz CT molecular complexity index is 547. The summed E-state index contributed by atoms with van der Waals surface area (Å²) < 4.78 is 11.4. The average molecular weight is 298 g/mol. The fraction of sp³-hybridized carbons (Fsp3) is 0.368. The minimum Gasteiger partial charge on any atom is -0.489 e. The molecule has 1 aliphatic heterocycles. The number of quaternary nitrogens is 1. The molecule has 1 atom stereocenters. The van der Waals surface area contributed by atoms with Crippen molar-refractivity contribution in [2.75, 3.05) is 13.2 Å². The molecule has 116 valence electrons. The Kier molecular flexibility index (Phi) is 5.46. The predicted octanol–water partition coefficient (Wildman–Crippen LogP) is 2.51. The first-order valence-electron chi connectivity index (χ1n) is 8.09. The normalized spacial score (nSPS) is 17.5. The van der Waals surface area contributed by atoms with Crippen LogP contribution in [0.15, 0.2) is 54.6 Å². The molecule has 0 aromatic heterocycles. The summed E-state index contributed by atoms with van der Waals surface area (Å²) >= 11 is 0. The maximum atomic E-state index is 5.80. The van der Waals surface area contributed by atoms with E-state index in [1.807, 2.05) is 18.2 Å². The van der Waals surface area contributed by atoms with Gasteiger partial charge in [0.2, 0.25) is 0 Å². The van der Waals surface area contributed by atoms with E-state index >= 15 is 0 Å². The SMILES string of the molecule is c1ccc(COc2ccc(C[NH2+]C[C@H]3CCCO3)cc2)cc1. The Morgan fingerprint density at radius 3 is 2.55 bits per heavy atom. The molecule has 0 saturated carbocycles. The summed E-state index contributed by atoms with van der Waals surface area (Å²) in [7, 11) is 0. The highest BCUT2D eigenvalue weighted by molar-refractivity contribution is 5.27. The summed E-state index contributed by atoms with van der Waals surface area (Å²) in [6.45, 7) is 3.61. The van der Waals surface area contributed by atoms with Crippen molar-refractivity contribution in [2.45, 2.75) is 32.1 Å². The minimum absolute atomic E-state index is 0.452. The summed E-state index contributed by atoms with van der Waals surface area (Å²) in [6.07, 6.45) is 2.88. The number of hydrogen-bond acceptors (Lipinski definition) is 2. The van der Waals surface area contributed by atoms with Crippen LogP contribution in [0.3, 0.4) is 0 Å². The largest absolute Gasteiger partial charge is 0.489 e. The quantitative estimate of drug-likeness (QED) is 0.852. The maximum Gasteiger partial charge on any atom is 0.119 e. The lowest BCUT2D eigenvalue weighted by molar-refractivity contribution is -0.676. The molecule has 3 nitrogen and oxygen atoms in total. The van der Waals surface area contributed by atoms with Gasteiger partial charge in [-0.05, 0) is 42.7 Å². The van der Waals surface area contributed by atoms with Crippen LogP contribution >= 0.6 is 0 Å². The van der Waals surface area contributed by atoms with Crippen molar-refractivity contribution >= 4 is 0 Å². The van der Waals surface area contributed by atoms with E-state index in [0.717, 1.165) is 25.4 Å². The van der Waals surface area contributed by atoms with Gasteiger partial charge in [0.15, 0.2) is 0 Å². The Balaban J connectivity index is 1.41. The van der Waals surface area contributed by atoms with Gasteiger partial charge in [0.05, 0.1) is 0 Å². The third-order valence-electron chi connectivity index (χ3n) is 4.01. The highest BCUT2D eigenvalue weighted by atomic mass is 16.5. The Morgan fingerprint density at radius 1 is 1.00 bits per heavy atom. The summed E-state index contributed by atoms with van der Waals surface area (Å²) in [4.78, 5) is 0. The molecule has 2 aromatic carbocycles. The molecule has 22 heavy (non-hydrogen) atoms. The van der Waals surface area contributed by atoms with Gasteiger partial charge >= 0.3 is 0 Å². The number of rotatable bonds is 7. The van der Waals surface area contributed by atoms with Gasteiger partial charge in [-0.15, -0.1) is 0 Å². The molecule has 2 aromatic rings. The van der Waals surface area contributed by atoms with Crippen LogP contribution in [-0.2, 0) is 17.9 Å². The third-order valence-corrected chi connectivity index (χ3v) is 4.01. The number of benzene rings is 2. The molecule has 1 aliphatic rings. The molecule has 2 N–H and O–H groups in total. The molecule has 0 radical (unpaired) electrons. The second-order valence-electron chi connectivity index (χ2n) is 5.78. The van der Waals surface area contributed by atoms with E-state index in [-0.39, 0.29) is 0 Å². The molecule has 0 aliphatic carbocycles. The van der Waals surface area contributed by atoms with Gasteiger partial charge in [0.25, 0.3) is 0 Å². The zero-order chi connectivity index (χ0) is 15.0. The number of hydrogen-bond donors (Lipinski definition) is 1. The molecular weight excluding hydrogens is 274 g/mol. The maximum absolute atomic E-state index is 5.80. The van der Waals surface area contributed by atoms with E-state index in [1.165, 1.54) is 24.0 Å². The highest BCUT2D eigenvalue weighted by Gasteiger charge is 2.16. The molecule has 0 bridgehead atoms. The lowest BCUT2D eigenvalue weighted by Crippen LogP contribution is -2.84. The smallest absolute Gasteiger partial charge is 0.119 e. The van der Waals surface area contributed by atoms with Crippen molar-refractivity contribution in [3.8, 4) is 5.75 Å². The summed E-state index contributed by atoms with van der Waals surface area (Å²) in [5, 5.41) is 2.33. The van der Waals surface area contributed by atoms with Crippen LogP contribution in [0.1, 0.15) is 24.0 Å². The van der Waals surface area contributed by atoms with Crippen LogP contribution in [0.5, 0.6) is 5.75 Å². The Hall–Kier alpha value is -1.84. The molecule has 1 fully saturated rings. The van der Waals surface area contributed by atoms with Gasteiger partial charge in [-0.3, -0.25) is 0 Å². The van der Waals surface area contributed by atoms with E-state index in [9.17, 15) is 0 Å². The molecule has 1 heterocycles. The van der Waals surface area contributed by atoms with Crippen molar-refractivity contribution in [3.63, 3.8) is 0 Å². The zero-order valence-corrected chi connectivity index (χ0v) is 12.9. The van der Waals surface area contributed by atoms with Gasteiger partial charge < -0.3 is 14.8 Å². The first-order valence-corrected chi connectivity index (χ1v) is 8.09. The Morgan fingerprint density at radius 2 is 1.82 bits per heavy atom. The van der Waals surface area contributed by atoms with Gasteiger partial charge in [0.1, 0.15) is 31.5 Å². The van der Waals surface area contributed by atoms with Crippen LogP contribution in [0.4, 0.5) is 0 Å². The molecular formula is C19H24NO2+. The number of ether oxygens (including phenoxy) is 2. The van der Waals surface area contributed by atoms with Crippen LogP contribution in [0, 0.1) is 0 Å². The standard InChI is InChI=1S/C19H23NO2/c1-2-5-17(6-3-1)15-22-18-10-8-16(9-11-18)13-20-14-19-7-4-12-21-19/h1-3,5-6,8-11,19-20H,4,7,12-15H2/p+1/t19-/m1/s1. The van der Waals surface area contributed by atoms with E-state index in [2.05, 4.69) is 41.7 Å². The van der Waals surface area contributed by atoms with Crippen molar-refractivity contribution in [1.82, 2.24) is 0 Å². The van der Waals surface area contributed by atoms with Gasteiger partial charge in [0, 0.05) is 12.2 Å². The summed E-state index contributed by atoms with van der Waals surface area (Å²) in [5.74, 6) is 0.923. The zero-order valence-electron chi connectivity index (χ0n) is 12.9. The molecule has 0 spiro atoms. The van der Waals surface area contributed by atoms with Crippen molar-refractivity contribution < 1.29 is 14.8 Å². The average Bonchev–Trinajstić information content (AvgIpc) is 3.08. The number of nitrogens with two attached hydrogens (primary N) is 1. The highest BCUT2D eigenvalue weighted by Crippen LogP contribution is 2.14.